The standard InChI is InChI=1S/C22H21N5O3S/c1-3-27-20(17-11-13-7-6-10-16(29-2)19(13)30-17)25-26-22(27)31-12-18-23-15-9-5-4-8-14(15)21(28)24-18/h4-11,14-15H,3,12H2,1-2H3,(H,23,24,28). The molecule has 3 aromatic rings. The number of fused-ring (bicyclic) bond motifs is 2. The Hall–Kier alpha value is -3.33. The maximum absolute atomic E-state index is 12.4. The fourth-order valence-corrected chi connectivity index (χ4v) is 4.66. The maximum atomic E-state index is 12.4. The third-order valence-corrected chi connectivity index (χ3v) is 6.28. The molecule has 0 bridgehead atoms. The minimum atomic E-state index is -0.227. The van der Waals surface area contributed by atoms with Gasteiger partial charge < -0.3 is 14.5 Å². The zero-order chi connectivity index (χ0) is 21.4. The molecule has 158 valence electrons. The second-order valence-electron chi connectivity index (χ2n) is 7.18. The molecule has 31 heavy (non-hydrogen) atoms. The number of aromatic nitrogens is 3. The van der Waals surface area contributed by atoms with Crippen molar-refractivity contribution in [3.8, 4) is 17.3 Å². The quantitative estimate of drug-likeness (QED) is 0.596. The molecule has 2 aliphatic rings. The van der Waals surface area contributed by atoms with E-state index in [4.69, 9.17) is 9.15 Å². The number of thioether (sulfide) groups is 1. The van der Waals surface area contributed by atoms with E-state index in [1.165, 1.54) is 11.8 Å². The number of hydrogen-bond acceptors (Lipinski definition) is 7. The summed E-state index contributed by atoms with van der Waals surface area (Å²) in [7, 11) is 1.62. The van der Waals surface area contributed by atoms with Crippen molar-refractivity contribution in [1.82, 2.24) is 20.1 Å². The number of nitrogens with zero attached hydrogens (tertiary/aromatic N) is 4. The van der Waals surface area contributed by atoms with E-state index in [1.54, 1.807) is 7.11 Å². The number of rotatable bonds is 6. The second kappa shape index (κ2) is 8.07. The lowest BCUT2D eigenvalue weighted by atomic mass is 9.93. The van der Waals surface area contributed by atoms with Crippen molar-refractivity contribution in [3.05, 3.63) is 48.6 Å². The second-order valence-corrected chi connectivity index (χ2v) is 8.12. The van der Waals surface area contributed by atoms with Crippen LogP contribution in [0, 0.1) is 5.92 Å². The Bertz CT molecular complexity index is 1240. The molecule has 1 amide bonds. The molecule has 0 saturated heterocycles. The van der Waals surface area contributed by atoms with Gasteiger partial charge in [0.05, 0.1) is 24.8 Å². The Kier molecular flexibility index (Phi) is 5.11. The Labute approximate surface area is 183 Å². The van der Waals surface area contributed by atoms with Crippen LogP contribution in [0.5, 0.6) is 5.75 Å². The lowest BCUT2D eigenvalue weighted by Gasteiger charge is -2.26. The van der Waals surface area contributed by atoms with Gasteiger partial charge in [-0.25, -0.2) is 0 Å². The molecule has 2 atom stereocenters. The molecule has 1 aliphatic carbocycles. The summed E-state index contributed by atoms with van der Waals surface area (Å²) in [5, 5.41) is 13.3. The maximum Gasteiger partial charge on any atom is 0.234 e. The molecule has 8 nitrogen and oxygen atoms in total. The summed E-state index contributed by atoms with van der Waals surface area (Å²) in [5.41, 5.74) is 0.684. The van der Waals surface area contributed by atoms with E-state index in [2.05, 4.69) is 20.5 Å². The highest BCUT2D eigenvalue weighted by molar-refractivity contribution is 7.99. The number of aliphatic imine (C=N–C) groups is 1. The van der Waals surface area contributed by atoms with Gasteiger partial charge >= 0.3 is 0 Å². The van der Waals surface area contributed by atoms with Gasteiger partial charge in [0.15, 0.2) is 22.2 Å². The fourth-order valence-electron chi connectivity index (χ4n) is 3.78. The molecule has 2 aromatic heterocycles. The zero-order valence-electron chi connectivity index (χ0n) is 17.1. The molecular formula is C22H21N5O3S. The predicted octanol–water partition coefficient (Wildman–Crippen LogP) is 3.45. The number of benzene rings is 1. The van der Waals surface area contributed by atoms with Gasteiger partial charge in [0.1, 0.15) is 5.84 Å². The molecule has 2 unspecified atom stereocenters. The summed E-state index contributed by atoms with van der Waals surface area (Å²) < 4.78 is 13.4. The molecule has 3 heterocycles. The lowest BCUT2D eigenvalue weighted by Crippen LogP contribution is -2.45. The summed E-state index contributed by atoms with van der Waals surface area (Å²) in [4.78, 5) is 17.0. The molecule has 1 aromatic carbocycles. The van der Waals surface area contributed by atoms with Crippen molar-refractivity contribution in [2.75, 3.05) is 12.9 Å². The van der Waals surface area contributed by atoms with E-state index in [9.17, 15) is 4.79 Å². The predicted molar refractivity (Wildman–Crippen MR) is 119 cm³/mol. The minimum Gasteiger partial charge on any atom is -0.493 e. The number of ether oxygens (including phenoxy) is 1. The normalized spacial score (nSPS) is 19.9. The average Bonchev–Trinajstić information content (AvgIpc) is 3.41. The van der Waals surface area contributed by atoms with Crippen LogP contribution in [0.4, 0.5) is 0 Å². The van der Waals surface area contributed by atoms with E-state index in [0.717, 1.165) is 10.5 Å². The summed E-state index contributed by atoms with van der Waals surface area (Å²) in [6, 6.07) is 7.56. The van der Waals surface area contributed by atoms with Crippen molar-refractivity contribution < 1.29 is 13.9 Å². The van der Waals surface area contributed by atoms with E-state index in [-0.39, 0.29) is 17.9 Å². The van der Waals surface area contributed by atoms with Gasteiger partial charge in [-0.1, -0.05) is 48.2 Å². The largest absolute Gasteiger partial charge is 0.493 e. The van der Waals surface area contributed by atoms with Crippen molar-refractivity contribution >= 4 is 34.5 Å². The Balaban J connectivity index is 1.39. The summed E-state index contributed by atoms with van der Waals surface area (Å²) in [5.74, 6) is 2.86. The topological polar surface area (TPSA) is 94.5 Å². The van der Waals surface area contributed by atoms with Crippen molar-refractivity contribution in [1.29, 1.82) is 0 Å². The number of nitrogens with one attached hydrogen (secondary N) is 1. The van der Waals surface area contributed by atoms with Crippen LogP contribution in [0.2, 0.25) is 0 Å². The highest BCUT2D eigenvalue weighted by atomic mass is 32.2. The van der Waals surface area contributed by atoms with Gasteiger partial charge in [0.25, 0.3) is 0 Å². The van der Waals surface area contributed by atoms with Crippen LogP contribution < -0.4 is 10.1 Å². The van der Waals surface area contributed by atoms with Crippen molar-refractivity contribution in [2.24, 2.45) is 10.9 Å². The molecule has 1 N–H and O–H groups in total. The minimum absolute atomic E-state index is 0.0231. The first kappa shape index (κ1) is 19.6. The first-order valence-electron chi connectivity index (χ1n) is 10.0. The number of amides is 1. The van der Waals surface area contributed by atoms with E-state index in [0.29, 0.717) is 41.1 Å². The Morgan fingerprint density at radius 3 is 2.97 bits per heavy atom. The van der Waals surface area contributed by atoms with Crippen LogP contribution in [0.25, 0.3) is 22.6 Å². The number of carbonyl (C=O) groups excluding carboxylic acids is 1. The average molecular weight is 436 g/mol. The third kappa shape index (κ3) is 3.54. The molecule has 5 rings (SSSR count). The molecule has 0 saturated carbocycles. The number of furan rings is 1. The monoisotopic (exact) mass is 435 g/mol. The molecule has 0 fully saturated rings. The highest BCUT2D eigenvalue weighted by Crippen LogP contribution is 2.34. The Morgan fingerprint density at radius 2 is 2.13 bits per heavy atom. The van der Waals surface area contributed by atoms with Gasteiger partial charge in [-0.3, -0.25) is 14.4 Å². The van der Waals surface area contributed by atoms with Gasteiger partial charge in [0, 0.05) is 11.9 Å². The van der Waals surface area contributed by atoms with Crippen LogP contribution in [-0.2, 0) is 11.3 Å². The summed E-state index contributed by atoms with van der Waals surface area (Å²) >= 11 is 1.48. The van der Waals surface area contributed by atoms with Gasteiger partial charge in [-0.2, -0.15) is 0 Å². The van der Waals surface area contributed by atoms with Crippen molar-refractivity contribution in [3.63, 3.8) is 0 Å². The number of hydrogen-bond donors (Lipinski definition) is 1. The van der Waals surface area contributed by atoms with Crippen LogP contribution in [0.1, 0.15) is 6.92 Å². The molecule has 9 heteroatoms. The Morgan fingerprint density at radius 1 is 1.26 bits per heavy atom. The number of methoxy groups -OCH3 is 1. The highest BCUT2D eigenvalue weighted by Gasteiger charge is 2.30. The first-order valence-corrected chi connectivity index (χ1v) is 11.0. The van der Waals surface area contributed by atoms with Crippen LogP contribution in [0.3, 0.4) is 0 Å². The number of para-hydroxylation sites is 1. The lowest BCUT2D eigenvalue weighted by molar-refractivity contribution is -0.122. The number of amidine groups is 1. The number of allylic oxidation sites excluding steroid dienone is 2. The fraction of sp³-hybridized carbons (Fsp3) is 0.273. The molecule has 0 spiro atoms. The smallest absolute Gasteiger partial charge is 0.234 e. The summed E-state index contributed by atoms with van der Waals surface area (Å²) in [6.07, 6.45) is 7.65. The third-order valence-electron chi connectivity index (χ3n) is 5.30. The van der Waals surface area contributed by atoms with Gasteiger partial charge in [0.2, 0.25) is 11.7 Å². The van der Waals surface area contributed by atoms with Gasteiger partial charge in [-0.15, -0.1) is 10.2 Å². The van der Waals surface area contributed by atoms with E-state index < -0.39 is 0 Å². The van der Waals surface area contributed by atoms with Crippen molar-refractivity contribution in [2.45, 2.75) is 24.7 Å². The van der Waals surface area contributed by atoms with Crippen LogP contribution >= 0.6 is 11.8 Å². The van der Waals surface area contributed by atoms with Crippen LogP contribution in [-0.4, -0.2) is 45.4 Å². The SMILES string of the molecule is CCn1c(SCC2=NC3C=CC=CC3C(=O)N2)nnc1-c1cc2cccc(OC)c2o1. The van der Waals surface area contributed by atoms with Gasteiger partial charge in [-0.05, 0) is 19.1 Å². The molecule has 1 aliphatic heterocycles. The van der Waals surface area contributed by atoms with Crippen LogP contribution in [0.15, 0.2) is 63.1 Å². The molecular weight excluding hydrogens is 414 g/mol. The first-order chi connectivity index (χ1) is 15.2. The molecule has 0 radical (unpaired) electrons. The van der Waals surface area contributed by atoms with E-state index in [1.807, 2.05) is 60.1 Å². The van der Waals surface area contributed by atoms with E-state index >= 15 is 0 Å². The number of carbonyl (C=O) groups is 1. The zero-order valence-corrected chi connectivity index (χ0v) is 17.9. The summed E-state index contributed by atoms with van der Waals surface area (Å²) in [6.45, 7) is 2.71.